The smallest absolute Gasteiger partial charge is 0.303 e. The number of rotatable bonds is 19. The molecular formula is C22H39N3O4. The maximum atomic E-state index is 11.6. The van der Waals surface area contributed by atoms with Crippen LogP contribution in [-0.2, 0) is 4.79 Å². The fourth-order valence-corrected chi connectivity index (χ4v) is 3.55. The Balaban J connectivity index is 2.27. The first-order chi connectivity index (χ1) is 14.0. The zero-order chi connectivity index (χ0) is 21.5. The number of carboxylic acid groups (broad SMARTS) is 1. The third-order valence-electron chi connectivity index (χ3n) is 5.31. The van der Waals surface area contributed by atoms with E-state index in [0.29, 0.717) is 17.9 Å². The van der Waals surface area contributed by atoms with Gasteiger partial charge in [0.05, 0.1) is 0 Å². The molecule has 1 rings (SSSR count). The highest BCUT2D eigenvalue weighted by molar-refractivity contribution is 5.73. The van der Waals surface area contributed by atoms with E-state index in [2.05, 4.69) is 22.5 Å². The fraction of sp³-hybridized carbons (Fsp3) is 0.773. The number of anilines is 2. The van der Waals surface area contributed by atoms with E-state index in [4.69, 9.17) is 5.11 Å². The van der Waals surface area contributed by atoms with Crippen molar-refractivity contribution in [2.75, 3.05) is 43.9 Å². The lowest BCUT2D eigenvalue weighted by Crippen LogP contribution is -2.37. The van der Waals surface area contributed by atoms with E-state index < -0.39 is 16.8 Å². The van der Waals surface area contributed by atoms with Gasteiger partial charge < -0.3 is 20.6 Å². The van der Waals surface area contributed by atoms with Crippen LogP contribution in [0.25, 0.3) is 0 Å². The maximum absolute atomic E-state index is 11.6. The third-order valence-corrected chi connectivity index (χ3v) is 5.31. The van der Waals surface area contributed by atoms with E-state index in [0.717, 1.165) is 58.2 Å². The lowest BCUT2D eigenvalue weighted by molar-refractivity contribution is -0.137. The van der Waals surface area contributed by atoms with Crippen molar-refractivity contribution in [1.29, 1.82) is 0 Å². The average molecular weight is 410 g/mol. The largest absolute Gasteiger partial charge is 0.481 e. The second-order valence-corrected chi connectivity index (χ2v) is 7.75. The molecule has 0 atom stereocenters. The van der Waals surface area contributed by atoms with E-state index in [1.807, 2.05) is 0 Å². The van der Waals surface area contributed by atoms with Crippen LogP contribution >= 0.6 is 0 Å². The molecule has 7 nitrogen and oxygen atoms in total. The van der Waals surface area contributed by atoms with Gasteiger partial charge in [0, 0.05) is 20.0 Å². The molecule has 1 aromatic carbocycles. The molecule has 1 aromatic rings. The molecule has 0 bridgehead atoms. The molecule has 29 heavy (non-hydrogen) atoms. The van der Waals surface area contributed by atoms with E-state index in [1.54, 1.807) is 7.05 Å². The molecule has 0 unspecified atom stereocenters. The predicted octanol–water partition coefficient (Wildman–Crippen LogP) is 3.43. The Bertz CT molecular complexity index is 653. The number of carboxylic acids is 1. The highest BCUT2D eigenvalue weighted by Crippen LogP contribution is 2.13. The molecule has 0 saturated heterocycles. The van der Waals surface area contributed by atoms with Gasteiger partial charge in [0.25, 0.3) is 10.9 Å². The van der Waals surface area contributed by atoms with Gasteiger partial charge in [-0.3, -0.25) is 14.4 Å². The van der Waals surface area contributed by atoms with Gasteiger partial charge in [-0.1, -0.05) is 45.4 Å². The van der Waals surface area contributed by atoms with Crippen LogP contribution in [-0.4, -0.2) is 49.2 Å². The van der Waals surface area contributed by atoms with Gasteiger partial charge in [-0.25, -0.2) is 0 Å². The SMILES string of the molecule is CCCCCCN(CCCCCCCC(=O)O)CCCNc1c(NC)c(=O)c1=O. The van der Waals surface area contributed by atoms with Crippen molar-refractivity contribution in [3.63, 3.8) is 0 Å². The molecule has 0 aliphatic heterocycles. The first-order valence-electron chi connectivity index (χ1n) is 11.2. The van der Waals surface area contributed by atoms with Crippen molar-refractivity contribution in [2.45, 2.75) is 77.6 Å². The number of nitrogens with zero attached hydrogens (tertiary/aromatic N) is 1. The van der Waals surface area contributed by atoms with Crippen molar-refractivity contribution < 1.29 is 9.90 Å². The van der Waals surface area contributed by atoms with E-state index in [1.165, 1.54) is 25.7 Å². The summed E-state index contributed by atoms with van der Waals surface area (Å²) in [6.07, 6.45) is 11.3. The number of aliphatic carboxylic acids is 1. The summed E-state index contributed by atoms with van der Waals surface area (Å²) in [7, 11) is 1.65. The molecule has 0 amide bonds. The summed E-state index contributed by atoms with van der Waals surface area (Å²) >= 11 is 0. The van der Waals surface area contributed by atoms with E-state index in [-0.39, 0.29) is 6.42 Å². The predicted molar refractivity (Wildman–Crippen MR) is 120 cm³/mol. The normalized spacial score (nSPS) is 11.3. The standard InChI is InChI=1S/C22H39N3O4/c1-3-4-5-10-15-25(16-11-8-6-7-9-13-18(26)27)17-12-14-24-20-19(23-2)21(28)22(20)29/h23-24H,3-17H2,1-2H3,(H,26,27). The number of nitrogens with one attached hydrogen (secondary N) is 2. The summed E-state index contributed by atoms with van der Waals surface area (Å²) < 4.78 is 0. The van der Waals surface area contributed by atoms with Crippen LogP contribution < -0.4 is 21.5 Å². The Morgan fingerprint density at radius 1 is 0.828 bits per heavy atom. The highest BCUT2D eigenvalue weighted by Gasteiger charge is 2.18. The van der Waals surface area contributed by atoms with Crippen molar-refractivity contribution in [1.82, 2.24) is 4.90 Å². The van der Waals surface area contributed by atoms with Gasteiger partial charge in [0.2, 0.25) is 0 Å². The van der Waals surface area contributed by atoms with E-state index >= 15 is 0 Å². The zero-order valence-electron chi connectivity index (χ0n) is 18.2. The molecule has 7 heteroatoms. The summed E-state index contributed by atoms with van der Waals surface area (Å²) in [6, 6.07) is 0. The monoisotopic (exact) mass is 409 g/mol. The summed E-state index contributed by atoms with van der Waals surface area (Å²) in [5.41, 5.74) is -0.0350. The highest BCUT2D eigenvalue weighted by atomic mass is 16.4. The number of hydrogen-bond acceptors (Lipinski definition) is 6. The Morgan fingerprint density at radius 3 is 2.00 bits per heavy atom. The maximum Gasteiger partial charge on any atom is 0.303 e. The van der Waals surface area contributed by atoms with Crippen LogP contribution in [0.3, 0.4) is 0 Å². The topological polar surface area (TPSA) is 98.7 Å². The van der Waals surface area contributed by atoms with Crippen molar-refractivity contribution in [2.24, 2.45) is 0 Å². The minimum atomic E-state index is -0.706. The minimum absolute atomic E-state index is 0.274. The molecule has 0 heterocycles. The van der Waals surface area contributed by atoms with Crippen LogP contribution in [0.1, 0.15) is 77.6 Å². The molecule has 3 N–H and O–H groups in total. The van der Waals surface area contributed by atoms with E-state index in [9.17, 15) is 14.4 Å². The minimum Gasteiger partial charge on any atom is -0.481 e. The fourth-order valence-electron chi connectivity index (χ4n) is 3.55. The van der Waals surface area contributed by atoms with Crippen molar-refractivity contribution >= 4 is 17.3 Å². The molecule has 0 saturated carbocycles. The van der Waals surface area contributed by atoms with Gasteiger partial charge in [-0.05, 0) is 45.3 Å². The lowest BCUT2D eigenvalue weighted by Gasteiger charge is -2.23. The first-order valence-corrected chi connectivity index (χ1v) is 11.2. The summed E-state index contributed by atoms with van der Waals surface area (Å²) in [5, 5.41) is 14.6. The van der Waals surface area contributed by atoms with Crippen LogP contribution in [0.2, 0.25) is 0 Å². The van der Waals surface area contributed by atoms with Gasteiger partial charge >= 0.3 is 5.97 Å². The first kappa shape index (κ1) is 25.1. The molecular weight excluding hydrogens is 370 g/mol. The molecule has 166 valence electrons. The van der Waals surface area contributed by atoms with Crippen LogP contribution in [0, 0.1) is 0 Å². The van der Waals surface area contributed by atoms with Gasteiger partial charge in [0.15, 0.2) is 0 Å². The quantitative estimate of drug-likeness (QED) is 0.238. The molecule has 0 fully saturated rings. The summed E-state index contributed by atoms with van der Waals surface area (Å²) in [5.74, 6) is -0.706. The third kappa shape index (κ3) is 9.92. The Morgan fingerprint density at radius 2 is 1.38 bits per heavy atom. The Hall–Kier alpha value is -1.89. The Labute approximate surface area is 174 Å². The van der Waals surface area contributed by atoms with Gasteiger partial charge in [0.1, 0.15) is 11.4 Å². The average Bonchev–Trinajstić information content (AvgIpc) is 2.71. The zero-order valence-corrected chi connectivity index (χ0v) is 18.2. The second kappa shape index (κ2) is 15.0. The Kier molecular flexibility index (Phi) is 13.0. The molecule has 0 aromatic heterocycles. The second-order valence-electron chi connectivity index (χ2n) is 7.75. The van der Waals surface area contributed by atoms with Gasteiger partial charge in [-0.2, -0.15) is 0 Å². The van der Waals surface area contributed by atoms with Crippen molar-refractivity contribution in [3.8, 4) is 0 Å². The summed E-state index contributed by atoms with van der Waals surface area (Å²) in [6.45, 7) is 6.03. The van der Waals surface area contributed by atoms with Crippen LogP contribution in [0.5, 0.6) is 0 Å². The number of hydrogen-bond donors (Lipinski definition) is 3. The molecule has 0 aliphatic carbocycles. The molecule has 0 radical (unpaired) electrons. The molecule has 0 spiro atoms. The number of carbonyl (C=O) groups is 1. The van der Waals surface area contributed by atoms with Crippen LogP contribution in [0.15, 0.2) is 9.59 Å². The lowest BCUT2D eigenvalue weighted by atomic mass is 10.1. The van der Waals surface area contributed by atoms with Gasteiger partial charge in [-0.15, -0.1) is 0 Å². The van der Waals surface area contributed by atoms with Crippen molar-refractivity contribution in [3.05, 3.63) is 20.4 Å². The summed E-state index contributed by atoms with van der Waals surface area (Å²) in [4.78, 5) is 36.0. The molecule has 0 aliphatic rings. The number of unbranched alkanes of at least 4 members (excludes halogenated alkanes) is 7. The van der Waals surface area contributed by atoms with Crippen LogP contribution in [0.4, 0.5) is 11.4 Å².